The van der Waals surface area contributed by atoms with Gasteiger partial charge in [0.05, 0.1) is 16.9 Å². The summed E-state index contributed by atoms with van der Waals surface area (Å²) in [7, 11) is 0. The molecule has 0 aliphatic heterocycles. The molecule has 0 fully saturated rings. The minimum atomic E-state index is -0.393. The molecule has 4 aromatic rings. The Kier molecular flexibility index (Phi) is 4.71. The molecule has 3 aromatic carbocycles. The van der Waals surface area contributed by atoms with E-state index in [1.807, 2.05) is 73.7 Å². The van der Waals surface area contributed by atoms with E-state index in [-0.39, 0.29) is 5.41 Å². The lowest BCUT2D eigenvalue weighted by Gasteiger charge is -2.13. The summed E-state index contributed by atoms with van der Waals surface area (Å²) in [6, 6.07) is 23.3. The summed E-state index contributed by atoms with van der Waals surface area (Å²) >= 11 is 0. The molecule has 0 aliphatic carbocycles. The molecular formula is C25H24N2O2. The highest BCUT2D eigenvalue weighted by atomic mass is 16.5. The van der Waals surface area contributed by atoms with Gasteiger partial charge >= 0.3 is 5.97 Å². The van der Waals surface area contributed by atoms with Crippen LogP contribution in [0.4, 0.5) is 0 Å². The highest BCUT2D eigenvalue weighted by Crippen LogP contribution is 2.29. The van der Waals surface area contributed by atoms with Crippen molar-refractivity contribution < 1.29 is 9.53 Å². The third-order valence-electron chi connectivity index (χ3n) is 4.93. The Hall–Kier alpha value is -3.40. The van der Waals surface area contributed by atoms with E-state index in [1.54, 1.807) is 10.7 Å². The maximum atomic E-state index is 13.1. The number of carbonyl (C=O) groups excluding carboxylic acids is 1. The molecule has 0 spiro atoms. The summed E-state index contributed by atoms with van der Waals surface area (Å²) in [6.45, 7) is 8.30. The number of ether oxygens (including phenoxy) is 1. The predicted octanol–water partition coefficient (Wildman–Crippen LogP) is 5.85. The van der Waals surface area contributed by atoms with Crippen molar-refractivity contribution in [1.82, 2.24) is 9.78 Å². The van der Waals surface area contributed by atoms with Gasteiger partial charge in [-0.2, -0.15) is 5.10 Å². The molecule has 4 heteroatoms. The summed E-state index contributed by atoms with van der Waals surface area (Å²) in [5, 5.41) is 6.61. The van der Waals surface area contributed by atoms with Gasteiger partial charge < -0.3 is 4.74 Å². The SMILES string of the molecule is Cc1ccc(-n2nc(C(C)(C)C)cc2OC(=O)c2cccc3ccccc23)cc1. The molecule has 4 rings (SSSR count). The molecular weight excluding hydrogens is 360 g/mol. The van der Waals surface area contributed by atoms with Crippen molar-refractivity contribution in [2.45, 2.75) is 33.1 Å². The van der Waals surface area contributed by atoms with Gasteiger partial charge in [0, 0.05) is 11.5 Å². The van der Waals surface area contributed by atoms with Crippen LogP contribution in [0.15, 0.2) is 72.8 Å². The lowest BCUT2D eigenvalue weighted by Crippen LogP contribution is -2.13. The Balaban J connectivity index is 1.76. The fourth-order valence-electron chi connectivity index (χ4n) is 3.23. The van der Waals surface area contributed by atoms with Gasteiger partial charge in [0.15, 0.2) is 0 Å². The van der Waals surface area contributed by atoms with Gasteiger partial charge in [-0.15, -0.1) is 0 Å². The van der Waals surface area contributed by atoms with Gasteiger partial charge in [0.1, 0.15) is 0 Å². The number of hydrogen-bond acceptors (Lipinski definition) is 3. The zero-order valence-electron chi connectivity index (χ0n) is 17.1. The van der Waals surface area contributed by atoms with Crippen LogP contribution in [-0.2, 0) is 5.41 Å². The monoisotopic (exact) mass is 384 g/mol. The average molecular weight is 384 g/mol. The third kappa shape index (κ3) is 3.79. The molecule has 146 valence electrons. The molecule has 0 atom stereocenters. The van der Waals surface area contributed by atoms with Crippen LogP contribution >= 0.6 is 0 Å². The molecule has 1 heterocycles. The summed E-state index contributed by atoms with van der Waals surface area (Å²) in [5.74, 6) is 0.0206. The van der Waals surface area contributed by atoms with E-state index >= 15 is 0 Å². The minimum Gasteiger partial charge on any atom is -0.404 e. The number of esters is 1. The molecule has 1 aromatic heterocycles. The number of benzene rings is 3. The lowest BCUT2D eigenvalue weighted by atomic mass is 9.93. The van der Waals surface area contributed by atoms with Gasteiger partial charge in [0.25, 0.3) is 0 Å². The van der Waals surface area contributed by atoms with Crippen LogP contribution in [0.25, 0.3) is 16.5 Å². The molecule has 0 N–H and O–H groups in total. The number of rotatable bonds is 3. The highest BCUT2D eigenvalue weighted by molar-refractivity contribution is 6.05. The fraction of sp³-hybridized carbons (Fsp3) is 0.200. The van der Waals surface area contributed by atoms with Gasteiger partial charge in [-0.05, 0) is 35.9 Å². The molecule has 0 aliphatic rings. The zero-order chi connectivity index (χ0) is 20.6. The average Bonchev–Trinajstić information content (AvgIpc) is 3.12. The highest BCUT2D eigenvalue weighted by Gasteiger charge is 2.23. The summed E-state index contributed by atoms with van der Waals surface area (Å²) < 4.78 is 7.56. The lowest BCUT2D eigenvalue weighted by molar-refractivity contribution is 0.0725. The van der Waals surface area contributed by atoms with Crippen molar-refractivity contribution in [3.05, 3.63) is 89.6 Å². The number of aryl methyl sites for hydroxylation is 1. The Bertz CT molecular complexity index is 1180. The largest absolute Gasteiger partial charge is 0.404 e. The first kappa shape index (κ1) is 18.9. The van der Waals surface area contributed by atoms with E-state index in [0.29, 0.717) is 11.4 Å². The van der Waals surface area contributed by atoms with Gasteiger partial charge in [-0.1, -0.05) is 74.9 Å². The minimum absolute atomic E-state index is 0.170. The van der Waals surface area contributed by atoms with Crippen LogP contribution in [0.5, 0.6) is 5.88 Å². The standard InChI is InChI=1S/C25H24N2O2/c1-17-12-14-19(15-13-17)27-23(16-22(26-27)25(2,3)4)29-24(28)21-11-7-9-18-8-5-6-10-20(18)21/h5-16H,1-4H3. The molecule has 0 amide bonds. The van der Waals surface area contributed by atoms with Gasteiger partial charge in [0.2, 0.25) is 5.88 Å². The topological polar surface area (TPSA) is 44.1 Å². The Morgan fingerprint density at radius 3 is 2.34 bits per heavy atom. The first-order valence-corrected chi connectivity index (χ1v) is 9.70. The molecule has 0 bridgehead atoms. The van der Waals surface area contributed by atoms with Crippen LogP contribution in [0.3, 0.4) is 0 Å². The van der Waals surface area contributed by atoms with Crippen LogP contribution in [-0.4, -0.2) is 15.7 Å². The van der Waals surface area contributed by atoms with E-state index in [4.69, 9.17) is 9.84 Å². The second-order valence-electron chi connectivity index (χ2n) is 8.28. The van der Waals surface area contributed by atoms with E-state index in [0.717, 1.165) is 27.7 Å². The summed E-state index contributed by atoms with van der Waals surface area (Å²) in [6.07, 6.45) is 0. The number of nitrogens with zero attached hydrogens (tertiary/aromatic N) is 2. The van der Waals surface area contributed by atoms with Crippen molar-refractivity contribution in [2.75, 3.05) is 0 Å². The number of hydrogen-bond donors (Lipinski definition) is 0. The fourth-order valence-corrected chi connectivity index (χ4v) is 3.23. The number of carbonyl (C=O) groups is 1. The van der Waals surface area contributed by atoms with Crippen molar-refractivity contribution in [3.8, 4) is 11.6 Å². The van der Waals surface area contributed by atoms with Crippen molar-refractivity contribution in [3.63, 3.8) is 0 Å². The van der Waals surface area contributed by atoms with Crippen LogP contribution in [0, 0.1) is 6.92 Å². The van der Waals surface area contributed by atoms with Crippen LogP contribution in [0.2, 0.25) is 0 Å². The molecule has 29 heavy (non-hydrogen) atoms. The Labute approximate surface area is 170 Å². The first-order chi connectivity index (χ1) is 13.8. The van der Waals surface area contributed by atoms with E-state index in [9.17, 15) is 4.79 Å². The van der Waals surface area contributed by atoms with E-state index in [2.05, 4.69) is 20.8 Å². The summed E-state index contributed by atoms with van der Waals surface area (Å²) in [4.78, 5) is 13.1. The smallest absolute Gasteiger partial charge is 0.345 e. The summed E-state index contributed by atoms with van der Waals surface area (Å²) in [5.41, 5.74) is 3.24. The quantitative estimate of drug-likeness (QED) is 0.416. The maximum absolute atomic E-state index is 13.1. The van der Waals surface area contributed by atoms with Crippen molar-refractivity contribution >= 4 is 16.7 Å². The molecule has 0 saturated carbocycles. The van der Waals surface area contributed by atoms with Crippen LogP contribution in [0.1, 0.15) is 42.4 Å². The van der Waals surface area contributed by atoms with Gasteiger partial charge in [-0.25, -0.2) is 9.48 Å². The molecule has 0 saturated heterocycles. The molecule has 0 radical (unpaired) electrons. The molecule has 4 nitrogen and oxygen atoms in total. The number of aromatic nitrogens is 2. The Morgan fingerprint density at radius 2 is 1.62 bits per heavy atom. The van der Waals surface area contributed by atoms with Crippen molar-refractivity contribution in [2.24, 2.45) is 0 Å². The Morgan fingerprint density at radius 1 is 0.931 bits per heavy atom. The first-order valence-electron chi connectivity index (χ1n) is 9.70. The predicted molar refractivity (Wildman–Crippen MR) is 116 cm³/mol. The second-order valence-corrected chi connectivity index (χ2v) is 8.28. The van der Waals surface area contributed by atoms with Crippen LogP contribution < -0.4 is 4.74 Å². The van der Waals surface area contributed by atoms with E-state index < -0.39 is 5.97 Å². The van der Waals surface area contributed by atoms with Gasteiger partial charge in [-0.3, -0.25) is 0 Å². The second kappa shape index (κ2) is 7.21. The van der Waals surface area contributed by atoms with E-state index in [1.165, 1.54) is 0 Å². The van der Waals surface area contributed by atoms with Crippen molar-refractivity contribution in [1.29, 1.82) is 0 Å². The maximum Gasteiger partial charge on any atom is 0.345 e. The molecule has 0 unspecified atom stereocenters. The third-order valence-corrected chi connectivity index (χ3v) is 4.93. The number of fused-ring (bicyclic) bond motifs is 1. The zero-order valence-corrected chi connectivity index (χ0v) is 17.1. The normalized spacial score (nSPS) is 11.6.